The van der Waals surface area contributed by atoms with Crippen LogP contribution >= 0.6 is 0 Å². The van der Waals surface area contributed by atoms with E-state index in [-0.39, 0.29) is 19.1 Å². The lowest BCUT2D eigenvalue weighted by Gasteiger charge is -2.20. The van der Waals surface area contributed by atoms with Gasteiger partial charge in [-0.05, 0) is 17.7 Å². The van der Waals surface area contributed by atoms with Crippen LogP contribution in [-0.4, -0.2) is 18.6 Å². The number of para-hydroxylation sites is 1. The molecule has 6 heteroatoms. The van der Waals surface area contributed by atoms with Gasteiger partial charge in [-0.15, -0.1) is 0 Å². The number of benzene rings is 2. The van der Waals surface area contributed by atoms with Crippen LogP contribution in [0.1, 0.15) is 5.56 Å². The van der Waals surface area contributed by atoms with Gasteiger partial charge in [0.05, 0.1) is 5.69 Å². The average Bonchev–Trinajstić information content (AvgIpc) is 2.54. The molecule has 0 aromatic heterocycles. The molecule has 22 heavy (non-hydrogen) atoms. The van der Waals surface area contributed by atoms with E-state index in [1.807, 2.05) is 30.3 Å². The first-order chi connectivity index (χ1) is 10.7. The standard InChI is InChI=1S/C16H14N2O4/c19-14-10-21-13-8-4-7-12(15(13)18-14)17-16(20)22-9-11-5-2-1-3-6-11/h1-8H,9-10H2,(H,17,20)(H,18,19). The van der Waals surface area contributed by atoms with Gasteiger partial charge < -0.3 is 14.8 Å². The fraction of sp³-hybridized carbons (Fsp3) is 0.125. The van der Waals surface area contributed by atoms with Gasteiger partial charge in [0.25, 0.3) is 5.91 Å². The van der Waals surface area contributed by atoms with E-state index in [9.17, 15) is 9.59 Å². The van der Waals surface area contributed by atoms with Crippen molar-refractivity contribution in [1.82, 2.24) is 0 Å². The first-order valence-electron chi connectivity index (χ1n) is 6.76. The van der Waals surface area contributed by atoms with Gasteiger partial charge in [0.15, 0.2) is 6.61 Å². The van der Waals surface area contributed by atoms with Gasteiger partial charge in [0.2, 0.25) is 0 Å². The first-order valence-corrected chi connectivity index (χ1v) is 6.76. The lowest BCUT2D eigenvalue weighted by Crippen LogP contribution is -2.26. The van der Waals surface area contributed by atoms with Crippen LogP contribution in [0.25, 0.3) is 0 Å². The second kappa shape index (κ2) is 6.17. The highest BCUT2D eigenvalue weighted by atomic mass is 16.5. The Balaban J connectivity index is 1.66. The van der Waals surface area contributed by atoms with E-state index in [0.717, 1.165) is 5.56 Å². The molecule has 0 spiro atoms. The van der Waals surface area contributed by atoms with E-state index in [2.05, 4.69) is 10.6 Å². The maximum atomic E-state index is 11.9. The molecule has 2 aromatic carbocycles. The number of fused-ring (bicyclic) bond motifs is 1. The van der Waals surface area contributed by atoms with E-state index in [1.165, 1.54) is 0 Å². The van der Waals surface area contributed by atoms with Gasteiger partial charge in [-0.3, -0.25) is 10.1 Å². The zero-order valence-electron chi connectivity index (χ0n) is 11.7. The molecule has 0 radical (unpaired) electrons. The van der Waals surface area contributed by atoms with Crippen LogP contribution in [0.4, 0.5) is 16.2 Å². The number of amides is 2. The Bertz CT molecular complexity index is 701. The molecule has 0 aliphatic carbocycles. The Labute approximate surface area is 127 Å². The van der Waals surface area contributed by atoms with Crippen molar-refractivity contribution < 1.29 is 19.1 Å². The Hall–Kier alpha value is -3.02. The van der Waals surface area contributed by atoms with Crippen molar-refractivity contribution in [3.05, 3.63) is 54.1 Å². The highest BCUT2D eigenvalue weighted by Crippen LogP contribution is 2.34. The van der Waals surface area contributed by atoms with Gasteiger partial charge in [-0.1, -0.05) is 36.4 Å². The lowest BCUT2D eigenvalue weighted by molar-refractivity contribution is -0.118. The van der Waals surface area contributed by atoms with Crippen LogP contribution in [0.2, 0.25) is 0 Å². The lowest BCUT2D eigenvalue weighted by atomic mass is 10.2. The van der Waals surface area contributed by atoms with E-state index in [0.29, 0.717) is 17.1 Å². The third-order valence-electron chi connectivity index (χ3n) is 3.10. The summed E-state index contributed by atoms with van der Waals surface area (Å²) in [6, 6.07) is 14.5. The molecule has 2 aromatic rings. The molecule has 0 atom stereocenters. The van der Waals surface area contributed by atoms with Crippen LogP contribution in [-0.2, 0) is 16.1 Å². The monoisotopic (exact) mass is 298 g/mol. The number of carbonyl (C=O) groups excluding carboxylic acids is 2. The van der Waals surface area contributed by atoms with E-state index < -0.39 is 6.09 Å². The van der Waals surface area contributed by atoms with Crippen molar-refractivity contribution in [2.24, 2.45) is 0 Å². The van der Waals surface area contributed by atoms with Crippen LogP contribution < -0.4 is 15.4 Å². The number of anilines is 2. The summed E-state index contributed by atoms with van der Waals surface area (Å²) in [6.07, 6.45) is -0.600. The molecular weight excluding hydrogens is 284 g/mol. The quantitative estimate of drug-likeness (QED) is 0.913. The Morgan fingerprint density at radius 1 is 1.18 bits per heavy atom. The van der Waals surface area contributed by atoms with Crippen LogP contribution in [0.15, 0.2) is 48.5 Å². The summed E-state index contributed by atoms with van der Waals surface area (Å²) < 4.78 is 10.4. The topological polar surface area (TPSA) is 76.7 Å². The van der Waals surface area contributed by atoms with Crippen LogP contribution in [0.3, 0.4) is 0 Å². The minimum Gasteiger partial charge on any atom is -0.481 e. The Morgan fingerprint density at radius 3 is 2.82 bits per heavy atom. The molecule has 2 amide bonds. The number of hydrogen-bond acceptors (Lipinski definition) is 4. The third kappa shape index (κ3) is 3.17. The highest BCUT2D eigenvalue weighted by molar-refractivity contribution is 6.02. The zero-order valence-corrected chi connectivity index (χ0v) is 11.7. The fourth-order valence-corrected chi connectivity index (χ4v) is 2.07. The van der Waals surface area contributed by atoms with Crippen LogP contribution in [0, 0.1) is 0 Å². The van der Waals surface area contributed by atoms with Gasteiger partial charge in [-0.25, -0.2) is 4.79 Å². The van der Waals surface area contributed by atoms with Crippen molar-refractivity contribution in [3.8, 4) is 5.75 Å². The minimum absolute atomic E-state index is 0.0328. The number of rotatable bonds is 3. The molecule has 6 nitrogen and oxygen atoms in total. The summed E-state index contributed by atoms with van der Waals surface area (Å²) in [6.45, 7) is 0.138. The SMILES string of the molecule is O=C1COc2cccc(NC(=O)OCc3ccccc3)c2N1. The smallest absolute Gasteiger partial charge is 0.412 e. The molecule has 0 bridgehead atoms. The van der Waals surface area contributed by atoms with Crippen molar-refractivity contribution in [1.29, 1.82) is 0 Å². The van der Waals surface area contributed by atoms with Gasteiger partial charge in [0.1, 0.15) is 18.0 Å². The molecule has 1 aliphatic heterocycles. The normalized spacial score (nSPS) is 12.6. The molecule has 1 aliphatic rings. The number of carbonyl (C=O) groups is 2. The minimum atomic E-state index is -0.600. The molecule has 3 rings (SSSR count). The van der Waals surface area contributed by atoms with Gasteiger partial charge in [-0.2, -0.15) is 0 Å². The predicted molar refractivity (Wildman–Crippen MR) is 80.8 cm³/mol. The maximum Gasteiger partial charge on any atom is 0.412 e. The van der Waals surface area contributed by atoms with E-state index >= 15 is 0 Å². The van der Waals surface area contributed by atoms with Gasteiger partial charge in [0, 0.05) is 0 Å². The largest absolute Gasteiger partial charge is 0.481 e. The summed E-state index contributed by atoms with van der Waals surface area (Å²) in [5.74, 6) is 0.250. The molecular formula is C16H14N2O4. The summed E-state index contributed by atoms with van der Waals surface area (Å²) in [4.78, 5) is 23.3. The second-order valence-corrected chi connectivity index (χ2v) is 4.70. The summed E-state index contributed by atoms with van der Waals surface area (Å²) in [5.41, 5.74) is 1.77. The van der Waals surface area contributed by atoms with Crippen molar-refractivity contribution in [3.63, 3.8) is 0 Å². The summed E-state index contributed by atoms with van der Waals surface area (Å²) in [7, 11) is 0. The molecule has 1 heterocycles. The Morgan fingerprint density at radius 2 is 2.00 bits per heavy atom. The number of ether oxygens (including phenoxy) is 2. The predicted octanol–water partition coefficient (Wildman–Crippen LogP) is 2.77. The number of nitrogens with one attached hydrogen (secondary N) is 2. The summed E-state index contributed by atoms with van der Waals surface area (Å²) in [5, 5.41) is 5.28. The van der Waals surface area contributed by atoms with Crippen molar-refractivity contribution in [2.45, 2.75) is 6.61 Å². The number of hydrogen-bond donors (Lipinski definition) is 2. The van der Waals surface area contributed by atoms with Crippen molar-refractivity contribution >= 4 is 23.4 Å². The van der Waals surface area contributed by atoms with E-state index in [1.54, 1.807) is 18.2 Å². The fourth-order valence-electron chi connectivity index (χ4n) is 2.07. The molecule has 0 saturated heterocycles. The van der Waals surface area contributed by atoms with E-state index in [4.69, 9.17) is 9.47 Å². The van der Waals surface area contributed by atoms with Crippen LogP contribution in [0.5, 0.6) is 5.75 Å². The Kier molecular flexibility index (Phi) is 3.91. The molecule has 0 fully saturated rings. The average molecular weight is 298 g/mol. The summed E-state index contributed by atoms with van der Waals surface area (Å²) >= 11 is 0. The first kappa shape index (κ1) is 13.9. The van der Waals surface area contributed by atoms with Crippen molar-refractivity contribution in [2.75, 3.05) is 17.2 Å². The molecule has 0 saturated carbocycles. The van der Waals surface area contributed by atoms with Gasteiger partial charge >= 0.3 is 6.09 Å². The third-order valence-corrected chi connectivity index (χ3v) is 3.10. The molecule has 2 N–H and O–H groups in total. The molecule has 0 unspecified atom stereocenters. The highest BCUT2D eigenvalue weighted by Gasteiger charge is 2.20. The maximum absolute atomic E-state index is 11.9. The zero-order chi connectivity index (χ0) is 15.4. The molecule has 112 valence electrons. The second-order valence-electron chi connectivity index (χ2n) is 4.70.